The number of rotatable bonds is 14. The van der Waals surface area contributed by atoms with Crippen LogP contribution in [0.25, 0.3) is 0 Å². The van der Waals surface area contributed by atoms with Crippen LogP contribution in [0.3, 0.4) is 0 Å². The van der Waals surface area contributed by atoms with Crippen molar-refractivity contribution in [2.75, 3.05) is 87.6 Å². The fraction of sp³-hybridized carbons (Fsp3) is 1.00. The molecule has 22 heteroatoms. The van der Waals surface area contributed by atoms with Crippen LogP contribution in [0.1, 0.15) is 53.4 Å². The maximum atomic E-state index is 9.78. The van der Waals surface area contributed by atoms with Gasteiger partial charge in [0.25, 0.3) is 10.1 Å². The minimum absolute atomic E-state index is 0.00264. The van der Waals surface area contributed by atoms with Crippen molar-refractivity contribution in [3.05, 3.63) is 0 Å². The second-order valence-corrected chi connectivity index (χ2v) is 16.3. The number of fused-ring (bicyclic) bond motifs is 2. The molecule has 6 fully saturated rings. The molecule has 0 aromatic rings. The van der Waals surface area contributed by atoms with Crippen molar-refractivity contribution in [3.63, 3.8) is 0 Å². The maximum Gasteiger partial charge on any atom is 0.264 e. The Balaban J connectivity index is 0.000000253. The molecule has 6 aliphatic heterocycles. The molecule has 12 atom stereocenters. The minimum atomic E-state index is -3.16. The fourth-order valence-electron chi connectivity index (χ4n) is 5.99. The molecule has 0 aromatic carbocycles. The normalized spacial score (nSPS) is 35.8. The lowest BCUT2D eigenvalue weighted by molar-refractivity contribution is -0.209. The van der Waals surface area contributed by atoms with E-state index in [0.29, 0.717) is 52.5 Å². The molecule has 0 amide bonds. The Bertz CT molecular complexity index is 1140. The van der Waals surface area contributed by atoms with E-state index < -0.39 is 46.5 Å². The van der Waals surface area contributed by atoms with Gasteiger partial charge < -0.3 is 87.1 Å². The first-order valence-electron chi connectivity index (χ1n) is 18.8. The van der Waals surface area contributed by atoms with Crippen LogP contribution in [0.5, 0.6) is 0 Å². The standard InChI is InChI=1S/C11H20O5.C8H16O5.C8H14O4.C6H12O4.C2H6O3S/c1-11(2)15-9-6-8(14-10(9)16-11)7-13-5-4-12-3;1-11-2-3-12-5-6-4-7(9)8(10)13-6;1-8(2)11-6-3-5(4-9)10-7(6)12-8;1-9-6-5(8)2-4(3-7)10-6;1-5-6(2,3)4/h8-10H,4-7H2,1-3H3;6-10H,2-5H2,1H3;5-7,9H,3-4H2,1-2H3;4-8H,2-3H2,1H3;1-2H3/t8-,9-,10+;6-,7-,8?;5-,6-,7+;4-,5-,6?;/m0000./s1. The Morgan fingerprint density at radius 2 is 1.02 bits per heavy atom. The molecule has 6 saturated heterocycles. The highest BCUT2D eigenvalue weighted by Crippen LogP contribution is 2.38. The van der Waals surface area contributed by atoms with E-state index in [1.807, 2.05) is 27.7 Å². The Hall–Kier alpha value is -0.810. The van der Waals surface area contributed by atoms with Crippen molar-refractivity contribution < 1.29 is 99.7 Å². The molecule has 6 rings (SSSR count). The second kappa shape index (κ2) is 25.8. The van der Waals surface area contributed by atoms with Gasteiger partial charge in [0.2, 0.25) is 0 Å². The molecule has 0 saturated carbocycles. The van der Waals surface area contributed by atoms with Crippen molar-refractivity contribution >= 4 is 10.1 Å². The summed E-state index contributed by atoms with van der Waals surface area (Å²) >= 11 is 0. The van der Waals surface area contributed by atoms with Crippen LogP contribution in [0.4, 0.5) is 0 Å². The van der Waals surface area contributed by atoms with Gasteiger partial charge in [-0.15, -0.1) is 0 Å². The monoisotopic (exact) mass is 856 g/mol. The van der Waals surface area contributed by atoms with Crippen LogP contribution in [0.15, 0.2) is 0 Å². The predicted octanol–water partition coefficient (Wildman–Crippen LogP) is -1.03. The average molecular weight is 857 g/mol. The highest BCUT2D eigenvalue weighted by molar-refractivity contribution is 7.85. The lowest BCUT2D eigenvalue weighted by Crippen LogP contribution is -2.26. The van der Waals surface area contributed by atoms with Crippen molar-refractivity contribution in [2.24, 2.45) is 0 Å². The summed E-state index contributed by atoms with van der Waals surface area (Å²) in [5.74, 6) is -1.05. The van der Waals surface area contributed by atoms with E-state index in [1.165, 1.54) is 7.11 Å². The summed E-state index contributed by atoms with van der Waals surface area (Å²) in [6.07, 6.45) is -0.541. The number of methoxy groups -OCH3 is 3. The summed E-state index contributed by atoms with van der Waals surface area (Å²) in [5.41, 5.74) is 0. The largest absolute Gasteiger partial charge is 0.394 e. The summed E-state index contributed by atoms with van der Waals surface area (Å²) in [6.45, 7) is 10.7. The third kappa shape index (κ3) is 20.1. The van der Waals surface area contributed by atoms with Crippen molar-refractivity contribution in [1.29, 1.82) is 0 Å². The molecule has 0 spiro atoms. The first-order valence-corrected chi connectivity index (χ1v) is 20.6. The van der Waals surface area contributed by atoms with Gasteiger partial charge in [0, 0.05) is 47.0 Å². The van der Waals surface area contributed by atoms with E-state index in [9.17, 15) is 8.42 Å². The lowest BCUT2D eigenvalue weighted by Gasteiger charge is -2.20. The molecule has 0 radical (unpaired) electrons. The van der Waals surface area contributed by atoms with Gasteiger partial charge >= 0.3 is 0 Å². The van der Waals surface area contributed by atoms with Gasteiger partial charge in [-0.3, -0.25) is 4.18 Å². The van der Waals surface area contributed by atoms with Crippen molar-refractivity contribution in [1.82, 2.24) is 0 Å². The van der Waals surface area contributed by atoms with E-state index >= 15 is 0 Å². The minimum Gasteiger partial charge on any atom is -0.394 e. The number of aliphatic hydroxyl groups excluding tert-OH is 5. The molecular weight excluding hydrogens is 788 g/mol. The van der Waals surface area contributed by atoms with Crippen LogP contribution < -0.4 is 0 Å². The van der Waals surface area contributed by atoms with E-state index in [0.717, 1.165) is 26.2 Å². The highest BCUT2D eigenvalue weighted by Gasteiger charge is 2.49. The van der Waals surface area contributed by atoms with Crippen LogP contribution >= 0.6 is 0 Å². The highest BCUT2D eigenvalue weighted by atomic mass is 32.2. The number of hydrogen-bond donors (Lipinski definition) is 5. The molecular formula is C35H68O21S. The summed E-state index contributed by atoms with van der Waals surface area (Å²) in [4.78, 5) is 0. The van der Waals surface area contributed by atoms with Crippen LogP contribution in [-0.2, 0) is 75.9 Å². The Morgan fingerprint density at radius 1 is 0.596 bits per heavy atom. The SMILES string of the molecule is CC1(C)O[C@H]2O[C@H](CO)C[C@@H]2O1.COC1O[C@H](CO)C[C@@H]1O.COCCOC[C@@H]1C[C@@H]2OC(C)(C)O[C@H]2O1.COCCOC[C@@H]1C[C@H](O)C(O)O1.COS(C)(=O)=O. The summed E-state index contributed by atoms with van der Waals surface area (Å²) in [5, 5.41) is 44.7. The topological polar surface area (TPSA) is 265 Å². The Labute approximate surface area is 336 Å². The van der Waals surface area contributed by atoms with E-state index in [2.05, 4.69) is 4.18 Å². The molecule has 0 aromatic heterocycles. The molecule has 0 bridgehead atoms. The molecule has 0 aliphatic carbocycles. The van der Waals surface area contributed by atoms with Crippen LogP contribution in [-0.4, -0.2) is 207 Å². The van der Waals surface area contributed by atoms with Gasteiger partial charge in [-0.25, -0.2) is 0 Å². The van der Waals surface area contributed by atoms with Gasteiger partial charge in [-0.05, 0) is 27.7 Å². The molecule has 5 N–H and O–H groups in total. The smallest absolute Gasteiger partial charge is 0.264 e. The Morgan fingerprint density at radius 3 is 1.37 bits per heavy atom. The molecule has 6 aliphatic rings. The van der Waals surface area contributed by atoms with Crippen molar-refractivity contribution in [3.8, 4) is 0 Å². The zero-order chi connectivity index (χ0) is 42.8. The molecule has 21 nitrogen and oxygen atoms in total. The molecule has 2 unspecified atom stereocenters. The maximum absolute atomic E-state index is 9.78. The van der Waals surface area contributed by atoms with Crippen LogP contribution in [0, 0.1) is 0 Å². The lowest BCUT2D eigenvalue weighted by atomic mass is 10.2. The van der Waals surface area contributed by atoms with Gasteiger partial charge in [0.1, 0.15) is 24.4 Å². The summed E-state index contributed by atoms with van der Waals surface area (Å²) in [6, 6.07) is 0. The van der Waals surface area contributed by atoms with Gasteiger partial charge in [0.15, 0.2) is 36.7 Å². The van der Waals surface area contributed by atoms with Crippen molar-refractivity contribution in [2.45, 2.75) is 139 Å². The van der Waals surface area contributed by atoms with E-state index in [-0.39, 0.29) is 62.4 Å². The molecule has 6 heterocycles. The van der Waals surface area contributed by atoms with Gasteiger partial charge in [0.05, 0.1) is 90.6 Å². The van der Waals surface area contributed by atoms with Gasteiger partial charge in [-0.2, -0.15) is 8.42 Å². The first-order chi connectivity index (χ1) is 26.8. The number of ether oxygens (including phenoxy) is 13. The zero-order valence-corrected chi connectivity index (χ0v) is 35.4. The molecule has 340 valence electrons. The molecule has 57 heavy (non-hydrogen) atoms. The third-order valence-electron chi connectivity index (χ3n) is 8.64. The quantitative estimate of drug-likeness (QED) is 0.103. The zero-order valence-electron chi connectivity index (χ0n) is 34.6. The Kier molecular flexibility index (Phi) is 23.7. The van der Waals surface area contributed by atoms with Gasteiger partial charge in [-0.1, -0.05) is 0 Å². The average Bonchev–Trinajstić information content (AvgIpc) is 3.97. The number of hydrogen-bond acceptors (Lipinski definition) is 21. The summed E-state index contributed by atoms with van der Waals surface area (Å²) < 4.78 is 91.9. The van der Waals surface area contributed by atoms with E-state index in [1.54, 1.807) is 14.2 Å². The fourth-order valence-corrected chi connectivity index (χ4v) is 5.99. The third-order valence-corrected chi connectivity index (χ3v) is 9.25. The summed E-state index contributed by atoms with van der Waals surface area (Å²) in [7, 11) is 2.68. The first kappa shape index (κ1) is 52.3. The second-order valence-electron chi connectivity index (χ2n) is 14.6. The number of aliphatic hydroxyl groups is 5. The predicted molar refractivity (Wildman–Crippen MR) is 196 cm³/mol. The van der Waals surface area contributed by atoms with Crippen LogP contribution in [0.2, 0.25) is 0 Å². The van der Waals surface area contributed by atoms with E-state index in [4.69, 9.17) is 87.1 Å².